The van der Waals surface area contributed by atoms with Gasteiger partial charge in [0, 0.05) is 49.5 Å². The van der Waals surface area contributed by atoms with Gasteiger partial charge in [-0.05, 0) is 132 Å². The highest BCUT2D eigenvalue weighted by molar-refractivity contribution is 7.51. The van der Waals surface area contributed by atoms with Crippen molar-refractivity contribution in [3.63, 3.8) is 0 Å². The number of carboxylic acid groups (broad SMARTS) is 1. The molecular weight excluding hydrogens is 1390 g/mol. The lowest BCUT2D eigenvalue weighted by molar-refractivity contribution is -0.402. The first-order valence-corrected chi connectivity index (χ1v) is 36.1. The number of hydrogen-bond donors (Lipinski definition) is 3. The fourth-order valence-corrected chi connectivity index (χ4v) is 14.5. The van der Waals surface area contributed by atoms with Gasteiger partial charge in [0.25, 0.3) is 0 Å². The van der Waals surface area contributed by atoms with Crippen LogP contribution in [0.1, 0.15) is 82.4 Å². The maximum Gasteiger partial charge on any atom is 0.461 e. The van der Waals surface area contributed by atoms with Crippen molar-refractivity contribution in [2.75, 3.05) is 58.8 Å². The smallest absolute Gasteiger partial charge is 0.461 e. The number of fused-ring (bicyclic) bond motifs is 6. The van der Waals surface area contributed by atoms with E-state index in [4.69, 9.17) is 64.3 Å². The number of halogens is 2. The van der Waals surface area contributed by atoms with Gasteiger partial charge in [0.15, 0.2) is 0 Å². The van der Waals surface area contributed by atoms with Crippen molar-refractivity contribution in [3.8, 4) is 33.8 Å². The number of alkyl carbamates (subject to hydrolysis) is 2. The number of carboxylic acids is 1. The molecule has 2 amide bonds. The molecule has 0 radical (unpaired) electrons. The monoisotopic (exact) mass is 1460 g/mol. The Hall–Kier alpha value is -9.62. The number of carbonyl (C=O) groups is 4. The summed E-state index contributed by atoms with van der Waals surface area (Å²) in [6.07, 6.45) is 2.33. The van der Waals surface area contributed by atoms with Crippen molar-refractivity contribution >= 4 is 74.6 Å². The quantitative estimate of drug-likeness (QED) is 0.00480. The van der Waals surface area contributed by atoms with E-state index in [1.54, 1.807) is 50.5 Å². The summed E-state index contributed by atoms with van der Waals surface area (Å²) >= 11 is 11.6. The average molecular weight is 1460 g/mol. The minimum Gasteiger partial charge on any atom is -0.480 e. The number of furan rings is 2. The molecule has 8 aromatic rings. The van der Waals surface area contributed by atoms with Gasteiger partial charge in [0.05, 0.1) is 12.1 Å². The lowest BCUT2D eigenvalue weighted by Crippen LogP contribution is -2.44. The van der Waals surface area contributed by atoms with Crippen LogP contribution < -0.4 is 19.7 Å². The summed E-state index contributed by atoms with van der Waals surface area (Å²) in [6, 6.07) is 47.0. The van der Waals surface area contributed by atoms with E-state index in [0.717, 1.165) is 44.5 Å². The van der Waals surface area contributed by atoms with E-state index >= 15 is 0 Å². The number of carbonyl (C=O) groups excluding carboxylic acids is 3. The maximum atomic E-state index is 14.0. The Morgan fingerprint density at radius 3 is 1.27 bits per heavy atom. The van der Waals surface area contributed by atoms with Gasteiger partial charge in [-0.1, -0.05) is 134 Å². The normalized spacial score (nSPS) is 13.9. The van der Waals surface area contributed by atoms with Crippen LogP contribution in [-0.4, -0.2) is 119 Å². The second kappa shape index (κ2) is 36.1. The number of amides is 2. The number of aliphatic carboxylic acids is 1. The van der Waals surface area contributed by atoms with E-state index in [1.807, 2.05) is 97.1 Å². The van der Waals surface area contributed by atoms with Gasteiger partial charge in [0.2, 0.25) is 0 Å². The molecule has 2 aromatic heterocycles. The van der Waals surface area contributed by atoms with E-state index in [1.165, 1.54) is 51.8 Å². The van der Waals surface area contributed by atoms with Gasteiger partial charge in [-0.3, -0.25) is 29.3 Å². The molecule has 4 unspecified atom stereocenters. The minimum atomic E-state index is -4.00. The van der Waals surface area contributed by atoms with Crippen LogP contribution in [0.4, 0.5) is 21.4 Å². The van der Waals surface area contributed by atoms with Crippen molar-refractivity contribution in [2.45, 2.75) is 75.7 Å². The van der Waals surface area contributed by atoms with Gasteiger partial charge in [-0.2, -0.15) is 0 Å². The first kappa shape index (κ1) is 75.6. The second-order valence-electron chi connectivity index (χ2n) is 23.2. The molecule has 532 valence electrons. The average Bonchev–Trinajstić information content (AvgIpc) is 1.63. The predicted molar refractivity (Wildman–Crippen MR) is 375 cm³/mol. The first-order chi connectivity index (χ1) is 48.7. The summed E-state index contributed by atoms with van der Waals surface area (Å²) in [7, 11) is -4.86. The number of nitrogens with one attached hydrogen (secondary N) is 2. The van der Waals surface area contributed by atoms with Crippen LogP contribution in [0.25, 0.3) is 22.3 Å². The first-order valence-electron chi connectivity index (χ1n) is 32.0. The van der Waals surface area contributed by atoms with Gasteiger partial charge in [0.1, 0.15) is 78.0 Å². The van der Waals surface area contributed by atoms with Crippen LogP contribution in [0.2, 0.25) is 0 Å². The fourth-order valence-electron chi connectivity index (χ4n) is 11.2. The van der Waals surface area contributed by atoms with Gasteiger partial charge in [-0.25, -0.2) is 37.6 Å². The summed E-state index contributed by atoms with van der Waals surface area (Å²) in [6.45, 7) is 3.59. The molecule has 2 aliphatic rings. The highest BCUT2D eigenvalue weighted by atomic mass is 35.5. The highest BCUT2D eigenvalue weighted by Crippen LogP contribution is 2.54. The van der Waals surface area contributed by atoms with Crippen molar-refractivity contribution in [1.29, 1.82) is 0 Å². The number of alkyl halides is 2. The Labute approximate surface area is 591 Å². The SMILES string of the molecule is C=CCOC(=O)C(Cc1ccc(OP(=O)(OCc2ccc([N+](=O)[O-])o2)N(C)CCCCCl)cc1)NC(=O)OCC1c2ccccc2-c2ccccc21.CN(CCCCCl)P(=O)(OCc1ccc([N+](=O)[O-])o1)Oc1ccc(CC(NC(=O)OCC2c3ccccc3-c3ccccc32)C(=O)O)cc1. The fraction of sp³-hybridized carbons (Fsp3) is 0.296. The number of benzene rings is 6. The molecule has 10 rings (SSSR count). The van der Waals surface area contributed by atoms with Crippen LogP contribution in [0.3, 0.4) is 0 Å². The Balaban J connectivity index is 0.000000236. The maximum absolute atomic E-state index is 14.0. The molecule has 26 nitrogen and oxygen atoms in total. The summed E-state index contributed by atoms with van der Waals surface area (Å²) < 4.78 is 80.5. The van der Waals surface area contributed by atoms with Gasteiger partial charge in [-0.15, -0.1) is 23.2 Å². The standard InChI is InChI=1S/C37H39ClN3O10P.C34H35ClN3O10P/c1-3-22-47-36(42)34(39-37(43)48-25-33-31-12-6-4-10-29(31)30-11-5-7-13-32(30)33)23-26-14-16-27(17-15-26)51-52(46,40(2)21-9-8-20-38)49-24-28-18-19-35(50-28)41(44)45;1-37(19-7-6-18-35)49(44,46-21-25-16-17-32(47-25)38(42)43)48-24-14-12-23(13-15-24)20-31(33(39)40)36-34(41)45-22-30-28-10-4-2-8-26(28)27-9-3-5-11-29(27)30/h3-7,10-19,33-34H,1,8-9,20-25H2,2H3,(H,39,43);2-5,8-17,30-31H,6-7,18-22H2,1H3,(H,36,41)(H,39,40). The van der Waals surface area contributed by atoms with E-state index in [9.17, 15) is 53.6 Å². The highest BCUT2D eigenvalue weighted by Gasteiger charge is 2.37. The third kappa shape index (κ3) is 20.3. The summed E-state index contributed by atoms with van der Waals surface area (Å²) in [4.78, 5) is 71.6. The summed E-state index contributed by atoms with van der Waals surface area (Å²) in [5.41, 5.74) is 9.70. The van der Waals surface area contributed by atoms with Crippen LogP contribution in [0.15, 0.2) is 191 Å². The van der Waals surface area contributed by atoms with Crippen molar-refractivity contribution in [1.82, 2.24) is 20.0 Å². The molecule has 101 heavy (non-hydrogen) atoms. The Morgan fingerprint density at radius 1 is 0.554 bits per heavy atom. The lowest BCUT2D eigenvalue weighted by Gasteiger charge is -2.27. The largest absolute Gasteiger partial charge is 0.480 e. The van der Waals surface area contributed by atoms with Gasteiger partial charge < -0.3 is 47.8 Å². The van der Waals surface area contributed by atoms with Crippen molar-refractivity contribution in [3.05, 3.63) is 248 Å². The number of unbranched alkanes of at least 4 members (excludes halogenated alkanes) is 2. The predicted octanol–water partition coefficient (Wildman–Crippen LogP) is 15.4. The van der Waals surface area contributed by atoms with E-state index in [2.05, 4.69) is 17.2 Å². The molecule has 30 heteroatoms. The topological polar surface area (TPSA) is 330 Å². The van der Waals surface area contributed by atoms with Gasteiger partial charge >= 0.3 is 51.4 Å². The van der Waals surface area contributed by atoms with Crippen molar-refractivity contribution < 1.29 is 84.4 Å². The molecule has 0 fully saturated rings. The zero-order valence-electron chi connectivity index (χ0n) is 55.0. The number of ether oxygens (including phenoxy) is 3. The molecule has 0 aliphatic heterocycles. The number of nitrogens with zero attached hydrogens (tertiary/aromatic N) is 4. The Morgan fingerprint density at radius 2 is 0.921 bits per heavy atom. The molecule has 0 bridgehead atoms. The molecule has 4 atom stereocenters. The Bertz CT molecular complexity index is 4200. The molecule has 6 aromatic carbocycles. The Kier molecular flexibility index (Phi) is 27.0. The molecular formula is C71H74Cl2N6O20P2. The molecule has 0 spiro atoms. The molecule has 0 saturated heterocycles. The van der Waals surface area contributed by atoms with E-state index in [-0.39, 0.29) is 80.7 Å². The number of rotatable bonds is 36. The second-order valence-corrected chi connectivity index (χ2v) is 28.1. The van der Waals surface area contributed by atoms with Crippen LogP contribution in [-0.2, 0) is 68.0 Å². The zero-order valence-corrected chi connectivity index (χ0v) is 58.3. The third-order valence-electron chi connectivity index (χ3n) is 16.3. The lowest BCUT2D eigenvalue weighted by atomic mass is 9.98. The molecule has 0 saturated carbocycles. The molecule has 2 heterocycles. The number of esters is 1. The molecule has 2 aliphatic carbocycles. The third-order valence-corrected chi connectivity index (χ3v) is 20.7. The van der Waals surface area contributed by atoms with Crippen LogP contribution in [0, 0.1) is 20.2 Å². The van der Waals surface area contributed by atoms with E-state index < -0.39 is 73.3 Å². The van der Waals surface area contributed by atoms with Crippen LogP contribution >= 0.6 is 38.7 Å². The minimum absolute atomic E-state index is 0.0392. The van der Waals surface area contributed by atoms with E-state index in [0.29, 0.717) is 61.7 Å². The van der Waals surface area contributed by atoms with Crippen LogP contribution in [0.5, 0.6) is 11.5 Å². The summed E-state index contributed by atoms with van der Waals surface area (Å²) in [5.74, 6) is -1.82. The number of hydrogen-bond acceptors (Lipinski definition) is 19. The summed E-state index contributed by atoms with van der Waals surface area (Å²) in [5, 5.41) is 36.9. The number of nitro groups is 2. The molecule has 3 N–H and O–H groups in total. The zero-order chi connectivity index (χ0) is 72.1. The van der Waals surface area contributed by atoms with Crippen molar-refractivity contribution in [2.24, 2.45) is 0 Å².